The number of methoxy groups -OCH3 is 3. The lowest BCUT2D eigenvalue weighted by Crippen LogP contribution is -2.48. The second kappa shape index (κ2) is 10.4. The van der Waals surface area contributed by atoms with Gasteiger partial charge in [0.25, 0.3) is 5.91 Å². The van der Waals surface area contributed by atoms with E-state index in [0.717, 1.165) is 5.69 Å². The van der Waals surface area contributed by atoms with E-state index in [1.807, 2.05) is 24.3 Å². The minimum absolute atomic E-state index is 0.133. The number of carbonyl (C=O) groups excluding carboxylic acids is 2. The fraction of sp³-hybridized carbons (Fsp3) is 0.219. The number of nitrogens with zero attached hydrogens (tertiary/aromatic N) is 3. The molecule has 2 aromatic heterocycles. The molecule has 1 aliphatic heterocycles. The molecule has 3 heterocycles. The maximum atomic E-state index is 14.0. The summed E-state index contributed by atoms with van der Waals surface area (Å²) in [6.07, 6.45) is 1.50. The Bertz CT molecular complexity index is 1850. The maximum Gasteiger partial charge on any atom is 0.289 e. The van der Waals surface area contributed by atoms with Crippen molar-refractivity contribution in [2.45, 2.75) is 0 Å². The summed E-state index contributed by atoms with van der Waals surface area (Å²) in [7, 11) is 4.65. The van der Waals surface area contributed by atoms with Gasteiger partial charge < -0.3 is 38.3 Å². The lowest BCUT2D eigenvalue weighted by atomic mass is 9.86. The van der Waals surface area contributed by atoms with Gasteiger partial charge in [0.15, 0.2) is 28.8 Å². The van der Waals surface area contributed by atoms with Crippen LogP contribution in [0.4, 0.5) is 17.1 Å². The lowest BCUT2D eigenvalue weighted by molar-refractivity contribution is 0.0714. The van der Waals surface area contributed by atoms with E-state index in [-0.39, 0.29) is 11.7 Å². The van der Waals surface area contributed by atoms with Gasteiger partial charge in [-0.1, -0.05) is 29.4 Å². The van der Waals surface area contributed by atoms with Crippen LogP contribution < -0.4 is 24.4 Å². The molecule has 1 saturated heterocycles. The van der Waals surface area contributed by atoms with Gasteiger partial charge in [0.05, 0.1) is 49.9 Å². The molecule has 11 heteroatoms. The molecular formula is C32H28N4O7. The Labute approximate surface area is 246 Å². The number of ether oxygens (including phenoxy) is 3. The first kappa shape index (κ1) is 26.4. The van der Waals surface area contributed by atoms with E-state index in [0.29, 0.717) is 93.9 Å². The second-order valence-corrected chi connectivity index (χ2v) is 10.2. The van der Waals surface area contributed by atoms with Crippen molar-refractivity contribution >= 4 is 39.7 Å². The summed E-state index contributed by atoms with van der Waals surface area (Å²) in [4.78, 5) is 30.8. The number of fused-ring (bicyclic) bond motifs is 2. The van der Waals surface area contributed by atoms with Crippen molar-refractivity contribution in [3.8, 4) is 28.6 Å². The molecule has 1 amide bonds. The SMILES string of the molecule is COc1cc(Nc2cc(N3CCN(C(=O)c4ccco4)CC3)c3noc4c3c2C(=O)c2ccccc2-4)cc(OC)c1OC. The minimum Gasteiger partial charge on any atom is -0.493 e. The van der Waals surface area contributed by atoms with Crippen LogP contribution in [0.15, 0.2) is 69.8 Å². The number of hydrogen-bond acceptors (Lipinski definition) is 10. The highest BCUT2D eigenvalue weighted by atomic mass is 16.5. The number of rotatable bonds is 7. The van der Waals surface area contributed by atoms with Crippen molar-refractivity contribution in [3.63, 3.8) is 0 Å². The Morgan fingerprint density at radius 1 is 0.907 bits per heavy atom. The van der Waals surface area contributed by atoms with Crippen molar-refractivity contribution in [2.24, 2.45) is 0 Å². The molecule has 0 atom stereocenters. The van der Waals surface area contributed by atoms with Crippen molar-refractivity contribution in [2.75, 3.05) is 57.7 Å². The molecule has 3 aromatic carbocycles. The van der Waals surface area contributed by atoms with Gasteiger partial charge in [-0.15, -0.1) is 0 Å². The van der Waals surface area contributed by atoms with E-state index in [2.05, 4.69) is 15.4 Å². The summed E-state index contributed by atoms with van der Waals surface area (Å²) in [5, 5.41) is 8.56. The third-order valence-corrected chi connectivity index (χ3v) is 7.96. The number of anilines is 3. The van der Waals surface area contributed by atoms with Gasteiger partial charge >= 0.3 is 0 Å². The lowest BCUT2D eigenvalue weighted by Gasteiger charge is -2.36. The van der Waals surface area contributed by atoms with Crippen LogP contribution in [0.3, 0.4) is 0 Å². The molecule has 0 saturated carbocycles. The molecule has 1 N–H and O–H groups in total. The molecule has 11 nitrogen and oxygen atoms in total. The molecule has 0 bridgehead atoms. The quantitative estimate of drug-likeness (QED) is 0.264. The van der Waals surface area contributed by atoms with Gasteiger partial charge in [-0.2, -0.15) is 0 Å². The van der Waals surface area contributed by atoms with E-state index in [9.17, 15) is 9.59 Å². The summed E-state index contributed by atoms with van der Waals surface area (Å²) in [6, 6.07) is 16.2. The number of hydrogen-bond donors (Lipinski definition) is 1. The molecule has 0 spiro atoms. The van der Waals surface area contributed by atoms with Gasteiger partial charge in [0, 0.05) is 55.1 Å². The molecule has 2 aliphatic rings. The number of ketones is 1. The van der Waals surface area contributed by atoms with Crippen LogP contribution in [0.2, 0.25) is 0 Å². The van der Waals surface area contributed by atoms with Crippen molar-refractivity contribution in [1.82, 2.24) is 10.1 Å². The van der Waals surface area contributed by atoms with Crippen LogP contribution in [0, 0.1) is 0 Å². The molecular weight excluding hydrogens is 552 g/mol. The van der Waals surface area contributed by atoms with Gasteiger partial charge in [-0.25, -0.2) is 0 Å². The highest BCUT2D eigenvalue weighted by molar-refractivity contribution is 6.28. The number of piperazine rings is 1. The summed E-state index contributed by atoms with van der Waals surface area (Å²) >= 11 is 0. The van der Waals surface area contributed by atoms with Crippen molar-refractivity contribution in [3.05, 3.63) is 77.7 Å². The number of aromatic nitrogens is 1. The summed E-state index contributed by atoms with van der Waals surface area (Å²) < 4.78 is 27.9. The Balaban J connectivity index is 1.33. The number of amides is 1. The topological polar surface area (TPSA) is 120 Å². The van der Waals surface area contributed by atoms with Gasteiger partial charge in [0.2, 0.25) is 5.75 Å². The molecule has 43 heavy (non-hydrogen) atoms. The molecule has 7 rings (SSSR count). The van der Waals surface area contributed by atoms with Crippen LogP contribution in [0.25, 0.3) is 22.2 Å². The van der Waals surface area contributed by atoms with Gasteiger partial charge in [-0.3, -0.25) is 9.59 Å². The van der Waals surface area contributed by atoms with Crippen LogP contribution in [0.1, 0.15) is 26.5 Å². The third kappa shape index (κ3) is 4.23. The van der Waals surface area contributed by atoms with Crippen LogP contribution in [-0.4, -0.2) is 69.3 Å². The number of carbonyl (C=O) groups is 2. The molecule has 5 aromatic rings. The Morgan fingerprint density at radius 2 is 1.63 bits per heavy atom. The minimum atomic E-state index is -0.143. The van der Waals surface area contributed by atoms with E-state index in [4.69, 9.17) is 23.2 Å². The smallest absolute Gasteiger partial charge is 0.289 e. The third-order valence-electron chi connectivity index (χ3n) is 7.96. The standard InChI is InChI=1S/C32H28N4O7/c1-39-24-15-18(16-25(40-2)31(24)41-3)33-21-17-22(35-10-12-36(13-11-35)32(38)23-9-6-14-42-23)28-27-26(21)29(37)19-7-4-5-8-20(19)30(27)43-34-28/h4-9,14-17,33H,10-13H2,1-3H3. The monoisotopic (exact) mass is 580 g/mol. The molecule has 218 valence electrons. The van der Waals surface area contributed by atoms with Gasteiger partial charge in [-0.05, 0) is 18.2 Å². The Hall–Kier alpha value is -5.45. The normalized spacial score (nSPS) is 14.1. The zero-order valence-electron chi connectivity index (χ0n) is 23.8. The van der Waals surface area contributed by atoms with Crippen molar-refractivity contribution in [1.29, 1.82) is 0 Å². The first-order valence-corrected chi connectivity index (χ1v) is 13.8. The first-order valence-electron chi connectivity index (χ1n) is 13.8. The predicted molar refractivity (Wildman–Crippen MR) is 159 cm³/mol. The average molecular weight is 581 g/mol. The zero-order valence-corrected chi connectivity index (χ0v) is 23.8. The van der Waals surface area contributed by atoms with Crippen LogP contribution in [-0.2, 0) is 0 Å². The fourth-order valence-corrected chi connectivity index (χ4v) is 5.90. The van der Waals surface area contributed by atoms with Crippen molar-refractivity contribution < 1.29 is 32.7 Å². The second-order valence-electron chi connectivity index (χ2n) is 10.2. The first-order chi connectivity index (χ1) is 21.0. The maximum absolute atomic E-state index is 14.0. The van der Waals surface area contributed by atoms with Crippen LogP contribution in [0.5, 0.6) is 17.2 Å². The fourth-order valence-electron chi connectivity index (χ4n) is 5.90. The summed E-state index contributed by atoms with van der Waals surface area (Å²) in [5.41, 5.74) is 4.31. The Morgan fingerprint density at radius 3 is 2.28 bits per heavy atom. The van der Waals surface area contributed by atoms with Crippen LogP contribution >= 0.6 is 0 Å². The number of benzene rings is 3. The Kier molecular flexibility index (Phi) is 6.42. The predicted octanol–water partition coefficient (Wildman–Crippen LogP) is 5.36. The average Bonchev–Trinajstić information content (AvgIpc) is 3.75. The highest BCUT2D eigenvalue weighted by Crippen LogP contribution is 2.47. The highest BCUT2D eigenvalue weighted by Gasteiger charge is 2.35. The van der Waals surface area contributed by atoms with E-state index in [1.54, 1.807) is 56.6 Å². The number of nitrogens with one attached hydrogen (secondary N) is 1. The van der Waals surface area contributed by atoms with E-state index >= 15 is 0 Å². The van der Waals surface area contributed by atoms with Gasteiger partial charge in [0.1, 0.15) is 5.52 Å². The largest absolute Gasteiger partial charge is 0.493 e. The van der Waals surface area contributed by atoms with E-state index < -0.39 is 0 Å². The molecule has 0 radical (unpaired) electrons. The molecule has 1 aliphatic carbocycles. The number of furan rings is 1. The zero-order chi connectivity index (χ0) is 29.7. The van der Waals surface area contributed by atoms with E-state index in [1.165, 1.54) is 6.26 Å². The molecule has 0 unspecified atom stereocenters. The summed E-state index contributed by atoms with van der Waals surface area (Å²) in [6.45, 7) is 2.09. The molecule has 1 fully saturated rings. The summed E-state index contributed by atoms with van der Waals surface area (Å²) in [5.74, 6) is 1.99.